The van der Waals surface area contributed by atoms with E-state index >= 15 is 0 Å². The molecule has 3 aromatic rings. The van der Waals surface area contributed by atoms with Gasteiger partial charge in [-0.1, -0.05) is 36.4 Å². The van der Waals surface area contributed by atoms with Crippen LogP contribution in [0.2, 0.25) is 0 Å². The number of hydrogen-bond acceptors (Lipinski definition) is 4. The van der Waals surface area contributed by atoms with E-state index in [4.69, 9.17) is 0 Å². The monoisotopic (exact) mass is 388 g/mol. The van der Waals surface area contributed by atoms with Gasteiger partial charge in [-0.15, -0.1) is 0 Å². The topological polar surface area (TPSA) is 100 Å². The number of benzene rings is 2. The van der Waals surface area contributed by atoms with E-state index < -0.39 is 0 Å². The number of aromatic nitrogens is 1. The van der Waals surface area contributed by atoms with Gasteiger partial charge < -0.3 is 16.0 Å². The van der Waals surface area contributed by atoms with Crippen LogP contribution in [0.4, 0.5) is 11.4 Å². The van der Waals surface area contributed by atoms with E-state index in [1.165, 1.54) is 12.4 Å². The summed E-state index contributed by atoms with van der Waals surface area (Å²) in [7, 11) is 0. The molecule has 3 rings (SSSR count). The molecule has 0 atom stereocenters. The fourth-order valence-electron chi connectivity index (χ4n) is 2.61. The lowest BCUT2D eigenvalue weighted by atomic mass is 10.1. The van der Waals surface area contributed by atoms with Gasteiger partial charge in [-0.25, -0.2) is 0 Å². The van der Waals surface area contributed by atoms with Crippen molar-refractivity contribution in [3.05, 3.63) is 90.3 Å². The Bertz CT molecular complexity index is 991. The van der Waals surface area contributed by atoms with Gasteiger partial charge in [0.15, 0.2) is 0 Å². The summed E-state index contributed by atoms with van der Waals surface area (Å²) in [6.07, 6.45) is 3.29. The molecule has 0 unspecified atom stereocenters. The van der Waals surface area contributed by atoms with Gasteiger partial charge in [0.25, 0.3) is 5.91 Å². The summed E-state index contributed by atoms with van der Waals surface area (Å²) in [6, 6.07) is 19.3. The fraction of sp³-hybridized carbons (Fsp3) is 0.0909. The normalized spacial score (nSPS) is 10.1. The number of nitrogens with zero attached hydrogens (tertiary/aromatic N) is 1. The highest BCUT2D eigenvalue weighted by Crippen LogP contribution is 2.16. The minimum Gasteiger partial charge on any atom is -0.347 e. The Labute approximate surface area is 168 Å². The molecule has 0 saturated carbocycles. The molecule has 146 valence electrons. The molecule has 1 heterocycles. The van der Waals surface area contributed by atoms with Crippen LogP contribution in [0.5, 0.6) is 0 Å². The van der Waals surface area contributed by atoms with Gasteiger partial charge in [-0.05, 0) is 35.9 Å². The standard InChI is InChI=1S/C22H20N4O3/c27-20(13-16-5-2-1-3-6-16)24-15-21(28)25-18-7-4-8-19(14-18)26-22(29)17-9-11-23-12-10-17/h1-12,14H,13,15H2,(H,24,27)(H,25,28)(H,26,29). The number of hydrogen-bond donors (Lipinski definition) is 3. The molecule has 0 fully saturated rings. The molecule has 0 aliphatic heterocycles. The van der Waals surface area contributed by atoms with Crippen molar-refractivity contribution in [2.75, 3.05) is 17.2 Å². The zero-order valence-corrected chi connectivity index (χ0v) is 15.6. The van der Waals surface area contributed by atoms with Crippen LogP contribution >= 0.6 is 0 Å². The molecule has 0 aliphatic rings. The molecule has 29 heavy (non-hydrogen) atoms. The average molecular weight is 388 g/mol. The summed E-state index contributed by atoms with van der Waals surface area (Å²) >= 11 is 0. The molecule has 7 nitrogen and oxygen atoms in total. The van der Waals surface area contributed by atoms with E-state index in [-0.39, 0.29) is 30.7 Å². The van der Waals surface area contributed by atoms with Gasteiger partial charge in [0.05, 0.1) is 13.0 Å². The van der Waals surface area contributed by atoms with Gasteiger partial charge in [-0.3, -0.25) is 19.4 Å². The van der Waals surface area contributed by atoms with Crippen LogP contribution in [-0.4, -0.2) is 29.3 Å². The number of pyridine rings is 1. The lowest BCUT2D eigenvalue weighted by Crippen LogP contribution is -2.33. The SMILES string of the molecule is O=C(Cc1ccccc1)NCC(=O)Nc1cccc(NC(=O)c2ccncc2)c1. The summed E-state index contributed by atoms with van der Waals surface area (Å²) in [5, 5.41) is 8.05. The van der Waals surface area contributed by atoms with Crippen LogP contribution in [0.1, 0.15) is 15.9 Å². The van der Waals surface area contributed by atoms with E-state index in [1.54, 1.807) is 36.4 Å². The van der Waals surface area contributed by atoms with Crippen LogP contribution in [0.25, 0.3) is 0 Å². The smallest absolute Gasteiger partial charge is 0.255 e. The Morgan fingerprint density at radius 1 is 0.759 bits per heavy atom. The van der Waals surface area contributed by atoms with Crippen LogP contribution in [0, 0.1) is 0 Å². The van der Waals surface area contributed by atoms with E-state index in [2.05, 4.69) is 20.9 Å². The van der Waals surface area contributed by atoms with Crippen LogP contribution in [-0.2, 0) is 16.0 Å². The first-order valence-electron chi connectivity index (χ1n) is 9.02. The summed E-state index contributed by atoms with van der Waals surface area (Å²) in [4.78, 5) is 40.1. The molecule has 3 amide bonds. The molecule has 0 radical (unpaired) electrons. The number of anilines is 2. The Morgan fingerprint density at radius 2 is 1.45 bits per heavy atom. The number of carbonyl (C=O) groups is 3. The van der Waals surface area contributed by atoms with Gasteiger partial charge >= 0.3 is 0 Å². The van der Waals surface area contributed by atoms with Crippen molar-refractivity contribution in [2.24, 2.45) is 0 Å². The van der Waals surface area contributed by atoms with Crippen molar-refractivity contribution < 1.29 is 14.4 Å². The minimum atomic E-state index is -0.357. The van der Waals surface area contributed by atoms with Crippen molar-refractivity contribution in [1.82, 2.24) is 10.3 Å². The van der Waals surface area contributed by atoms with Crippen molar-refractivity contribution in [1.29, 1.82) is 0 Å². The van der Waals surface area contributed by atoms with Crippen molar-refractivity contribution in [2.45, 2.75) is 6.42 Å². The molecule has 0 spiro atoms. The zero-order chi connectivity index (χ0) is 20.5. The lowest BCUT2D eigenvalue weighted by molar-refractivity contribution is -0.123. The first kappa shape index (κ1) is 19.8. The van der Waals surface area contributed by atoms with Crippen LogP contribution in [0.15, 0.2) is 79.1 Å². The summed E-state index contributed by atoms with van der Waals surface area (Å²) in [5.41, 5.74) is 2.41. The van der Waals surface area contributed by atoms with Gasteiger partial charge in [-0.2, -0.15) is 0 Å². The highest BCUT2D eigenvalue weighted by molar-refractivity contribution is 6.04. The molecular formula is C22H20N4O3. The van der Waals surface area contributed by atoms with Crippen molar-refractivity contribution in [3.8, 4) is 0 Å². The predicted molar refractivity (Wildman–Crippen MR) is 110 cm³/mol. The second-order valence-corrected chi connectivity index (χ2v) is 6.26. The van der Waals surface area contributed by atoms with E-state index in [1.807, 2.05) is 30.3 Å². The van der Waals surface area contributed by atoms with Gasteiger partial charge in [0, 0.05) is 29.3 Å². The molecule has 7 heteroatoms. The maximum absolute atomic E-state index is 12.2. The quantitative estimate of drug-likeness (QED) is 0.579. The number of amides is 3. The molecule has 0 bridgehead atoms. The third kappa shape index (κ3) is 6.28. The first-order valence-corrected chi connectivity index (χ1v) is 9.02. The molecule has 2 aromatic carbocycles. The highest BCUT2D eigenvalue weighted by atomic mass is 16.2. The molecule has 0 aliphatic carbocycles. The molecule has 3 N–H and O–H groups in total. The Morgan fingerprint density at radius 3 is 2.17 bits per heavy atom. The summed E-state index contributed by atoms with van der Waals surface area (Å²) in [6.45, 7) is -0.140. The van der Waals surface area contributed by atoms with E-state index in [0.717, 1.165) is 5.56 Å². The van der Waals surface area contributed by atoms with Gasteiger partial charge in [0.1, 0.15) is 0 Å². The van der Waals surface area contributed by atoms with Crippen molar-refractivity contribution >= 4 is 29.1 Å². The summed E-state index contributed by atoms with van der Waals surface area (Å²) < 4.78 is 0. The molecular weight excluding hydrogens is 368 g/mol. The number of rotatable bonds is 7. The molecule has 0 saturated heterocycles. The van der Waals surface area contributed by atoms with E-state index in [0.29, 0.717) is 16.9 Å². The Balaban J connectivity index is 1.49. The third-order valence-corrected chi connectivity index (χ3v) is 4.00. The van der Waals surface area contributed by atoms with Crippen LogP contribution in [0.3, 0.4) is 0 Å². The van der Waals surface area contributed by atoms with Crippen molar-refractivity contribution in [3.63, 3.8) is 0 Å². The third-order valence-electron chi connectivity index (χ3n) is 4.00. The van der Waals surface area contributed by atoms with Gasteiger partial charge in [0.2, 0.25) is 11.8 Å². The summed E-state index contributed by atoms with van der Waals surface area (Å²) in [5.74, 6) is -0.863. The second kappa shape index (κ2) is 9.80. The minimum absolute atomic E-state index is 0.140. The molecule has 1 aromatic heterocycles. The predicted octanol–water partition coefficient (Wildman–Crippen LogP) is 2.63. The first-order chi connectivity index (χ1) is 14.1. The van der Waals surface area contributed by atoms with E-state index in [9.17, 15) is 14.4 Å². The fourth-order valence-corrected chi connectivity index (χ4v) is 2.61. The maximum Gasteiger partial charge on any atom is 0.255 e. The number of nitrogens with one attached hydrogen (secondary N) is 3. The largest absolute Gasteiger partial charge is 0.347 e. The maximum atomic E-state index is 12.2. The number of carbonyl (C=O) groups excluding carboxylic acids is 3. The Kier molecular flexibility index (Phi) is 6.67. The Hall–Kier alpha value is -4.00. The average Bonchev–Trinajstić information content (AvgIpc) is 2.74. The highest BCUT2D eigenvalue weighted by Gasteiger charge is 2.09. The van der Waals surface area contributed by atoms with Crippen LogP contribution < -0.4 is 16.0 Å². The zero-order valence-electron chi connectivity index (χ0n) is 15.6. The lowest BCUT2D eigenvalue weighted by Gasteiger charge is -2.10. The second-order valence-electron chi connectivity index (χ2n) is 6.26.